The summed E-state index contributed by atoms with van der Waals surface area (Å²) in [5.41, 5.74) is 0. The van der Waals surface area contributed by atoms with Crippen LogP contribution in [0.5, 0.6) is 0 Å². The van der Waals surface area contributed by atoms with E-state index in [1.807, 2.05) is 0 Å². The van der Waals surface area contributed by atoms with Gasteiger partial charge in [0.05, 0.1) is 11.4 Å². The summed E-state index contributed by atoms with van der Waals surface area (Å²) in [7, 11) is -2.42. The van der Waals surface area contributed by atoms with Crippen LogP contribution in [0, 0.1) is 0 Å². The first-order valence-electron chi connectivity index (χ1n) is 6.44. The molecule has 0 aromatic heterocycles. The zero-order valence-electron chi connectivity index (χ0n) is 12.0. The summed E-state index contributed by atoms with van der Waals surface area (Å²) in [6.45, 7) is -0.136. The van der Waals surface area contributed by atoms with Gasteiger partial charge in [-0.2, -0.15) is 4.31 Å². The molecule has 0 aliphatic rings. The monoisotopic (exact) mass is 392 g/mol. The molecule has 0 spiro atoms. The number of halogens is 1. The van der Waals surface area contributed by atoms with Gasteiger partial charge in [-0.15, -0.1) is 0 Å². The molecule has 7 nitrogen and oxygen atoms in total. The molecule has 0 aliphatic heterocycles. The highest BCUT2D eigenvalue weighted by Crippen LogP contribution is 2.17. The number of rotatable bonds is 8. The van der Waals surface area contributed by atoms with E-state index in [1.165, 1.54) is 19.2 Å². The van der Waals surface area contributed by atoms with Crippen molar-refractivity contribution in [3.05, 3.63) is 28.7 Å². The molecule has 0 fully saturated rings. The standard InChI is InChI=1S/C13H17BrN2O5S/c1-16(9-12(17)15-8-2-3-13(18)19)22(20,21)11-6-4-10(14)5-7-11/h4-7H,2-3,8-9H2,1H3,(H,15,17)(H,18,19). The fourth-order valence-corrected chi connectivity index (χ4v) is 2.99. The maximum atomic E-state index is 12.3. The first-order chi connectivity index (χ1) is 10.2. The van der Waals surface area contributed by atoms with Crippen molar-refractivity contribution in [2.75, 3.05) is 20.1 Å². The highest BCUT2D eigenvalue weighted by molar-refractivity contribution is 9.10. The Morgan fingerprint density at radius 1 is 1.27 bits per heavy atom. The van der Waals surface area contributed by atoms with Crippen LogP contribution in [-0.2, 0) is 19.6 Å². The average molecular weight is 393 g/mol. The van der Waals surface area contributed by atoms with Crippen molar-refractivity contribution >= 4 is 37.8 Å². The number of benzene rings is 1. The Morgan fingerprint density at radius 2 is 1.86 bits per heavy atom. The van der Waals surface area contributed by atoms with Crippen molar-refractivity contribution in [2.24, 2.45) is 0 Å². The maximum absolute atomic E-state index is 12.3. The third kappa shape index (κ3) is 5.74. The Hall–Kier alpha value is -1.45. The second-order valence-electron chi connectivity index (χ2n) is 4.56. The molecule has 22 heavy (non-hydrogen) atoms. The number of nitrogens with zero attached hydrogens (tertiary/aromatic N) is 1. The number of carboxylic acids is 1. The Morgan fingerprint density at radius 3 is 2.41 bits per heavy atom. The zero-order valence-corrected chi connectivity index (χ0v) is 14.4. The number of carbonyl (C=O) groups excluding carboxylic acids is 1. The van der Waals surface area contributed by atoms with E-state index < -0.39 is 21.9 Å². The fourth-order valence-electron chi connectivity index (χ4n) is 1.60. The van der Waals surface area contributed by atoms with E-state index in [9.17, 15) is 18.0 Å². The van der Waals surface area contributed by atoms with Gasteiger partial charge < -0.3 is 10.4 Å². The van der Waals surface area contributed by atoms with Crippen molar-refractivity contribution in [1.82, 2.24) is 9.62 Å². The summed E-state index contributed by atoms with van der Waals surface area (Å²) >= 11 is 3.22. The quantitative estimate of drug-likeness (QED) is 0.643. The molecule has 122 valence electrons. The maximum Gasteiger partial charge on any atom is 0.303 e. The molecule has 0 unspecified atom stereocenters. The molecule has 0 saturated heterocycles. The van der Waals surface area contributed by atoms with E-state index in [4.69, 9.17) is 5.11 Å². The first kappa shape index (κ1) is 18.6. The molecule has 0 atom stereocenters. The SMILES string of the molecule is CN(CC(=O)NCCCC(=O)O)S(=O)(=O)c1ccc(Br)cc1. The minimum Gasteiger partial charge on any atom is -0.481 e. The number of nitrogens with one attached hydrogen (secondary N) is 1. The summed E-state index contributed by atoms with van der Waals surface area (Å²) in [5, 5.41) is 11.0. The molecule has 1 aromatic rings. The van der Waals surface area contributed by atoms with Crippen LogP contribution in [0.2, 0.25) is 0 Å². The number of aliphatic carboxylic acids is 1. The second-order valence-corrected chi connectivity index (χ2v) is 7.52. The molecule has 9 heteroatoms. The van der Waals surface area contributed by atoms with Gasteiger partial charge in [-0.25, -0.2) is 8.42 Å². The Bertz CT molecular complexity index is 630. The molecular formula is C13H17BrN2O5S. The number of hydrogen-bond donors (Lipinski definition) is 2. The van der Waals surface area contributed by atoms with E-state index in [2.05, 4.69) is 21.2 Å². The molecule has 0 bridgehead atoms. The molecule has 0 heterocycles. The van der Waals surface area contributed by atoms with Crippen LogP contribution in [0.4, 0.5) is 0 Å². The highest BCUT2D eigenvalue weighted by Gasteiger charge is 2.22. The van der Waals surface area contributed by atoms with E-state index in [1.54, 1.807) is 12.1 Å². The highest BCUT2D eigenvalue weighted by atomic mass is 79.9. The largest absolute Gasteiger partial charge is 0.481 e. The van der Waals surface area contributed by atoms with Gasteiger partial charge in [0.25, 0.3) is 0 Å². The molecule has 1 amide bonds. The van der Waals surface area contributed by atoms with E-state index in [0.29, 0.717) is 6.42 Å². The van der Waals surface area contributed by atoms with Crippen LogP contribution >= 0.6 is 15.9 Å². The summed E-state index contributed by atoms with van der Waals surface area (Å²) < 4.78 is 26.2. The van der Waals surface area contributed by atoms with Crippen LogP contribution in [-0.4, -0.2) is 49.8 Å². The number of likely N-dealkylation sites (N-methyl/N-ethyl adjacent to an activating group) is 1. The minimum absolute atomic E-state index is 0.0483. The average Bonchev–Trinajstić information content (AvgIpc) is 2.43. The van der Waals surface area contributed by atoms with Gasteiger partial charge in [-0.05, 0) is 30.7 Å². The van der Waals surface area contributed by atoms with E-state index in [0.717, 1.165) is 8.78 Å². The third-order valence-electron chi connectivity index (χ3n) is 2.78. The van der Waals surface area contributed by atoms with Gasteiger partial charge in [0.1, 0.15) is 0 Å². The van der Waals surface area contributed by atoms with Gasteiger partial charge >= 0.3 is 5.97 Å². The minimum atomic E-state index is -3.74. The second kappa shape index (κ2) is 8.25. The van der Waals surface area contributed by atoms with E-state index >= 15 is 0 Å². The molecule has 0 radical (unpaired) electrons. The topological polar surface area (TPSA) is 104 Å². The summed E-state index contributed by atoms with van der Waals surface area (Å²) in [6, 6.07) is 6.10. The third-order valence-corrected chi connectivity index (χ3v) is 5.12. The predicted molar refractivity (Wildman–Crippen MR) is 83.8 cm³/mol. The van der Waals surface area contributed by atoms with Crippen molar-refractivity contribution in [2.45, 2.75) is 17.7 Å². The zero-order chi connectivity index (χ0) is 16.8. The number of carbonyl (C=O) groups is 2. The summed E-state index contributed by atoms with van der Waals surface area (Å²) in [5.74, 6) is -1.42. The Balaban J connectivity index is 2.56. The van der Waals surface area contributed by atoms with Crippen LogP contribution < -0.4 is 5.32 Å². The Kier molecular flexibility index (Phi) is 6.98. The van der Waals surface area contributed by atoms with Gasteiger partial charge in [0.15, 0.2) is 0 Å². The van der Waals surface area contributed by atoms with Gasteiger partial charge in [-0.3, -0.25) is 9.59 Å². The van der Waals surface area contributed by atoms with E-state index in [-0.39, 0.29) is 24.4 Å². The van der Waals surface area contributed by atoms with Crippen molar-refractivity contribution < 1.29 is 23.1 Å². The van der Waals surface area contributed by atoms with Crippen molar-refractivity contribution in [3.8, 4) is 0 Å². The fraction of sp³-hybridized carbons (Fsp3) is 0.385. The number of sulfonamides is 1. The Labute approximate surface area is 137 Å². The number of carboxylic acid groups (broad SMARTS) is 1. The van der Waals surface area contributed by atoms with Crippen molar-refractivity contribution in [1.29, 1.82) is 0 Å². The van der Waals surface area contributed by atoms with Crippen LogP contribution in [0.25, 0.3) is 0 Å². The van der Waals surface area contributed by atoms with Gasteiger partial charge in [-0.1, -0.05) is 15.9 Å². The lowest BCUT2D eigenvalue weighted by atomic mass is 10.3. The van der Waals surface area contributed by atoms with Crippen LogP contribution in [0.1, 0.15) is 12.8 Å². The lowest BCUT2D eigenvalue weighted by molar-refractivity contribution is -0.137. The van der Waals surface area contributed by atoms with Crippen LogP contribution in [0.15, 0.2) is 33.6 Å². The number of hydrogen-bond acceptors (Lipinski definition) is 4. The molecule has 2 N–H and O–H groups in total. The smallest absolute Gasteiger partial charge is 0.303 e. The summed E-state index contributed by atoms with van der Waals surface area (Å²) in [4.78, 5) is 22.1. The normalized spacial score (nSPS) is 11.4. The van der Waals surface area contributed by atoms with Crippen LogP contribution in [0.3, 0.4) is 0 Å². The van der Waals surface area contributed by atoms with Gasteiger partial charge in [0, 0.05) is 24.5 Å². The lowest BCUT2D eigenvalue weighted by Gasteiger charge is -2.16. The first-order valence-corrected chi connectivity index (χ1v) is 8.67. The van der Waals surface area contributed by atoms with Crippen molar-refractivity contribution in [3.63, 3.8) is 0 Å². The molecule has 0 saturated carbocycles. The molecule has 1 aromatic carbocycles. The number of amides is 1. The molecular weight excluding hydrogens is 376 g/mol. The molecule has 1 rings (SSSR count). The van der Waals surface area contributed by atoms with Gasteiger partial charge in [0.2, 0.25) is 15.9 Å². The lowest BCUT2D eigenvalue weighted by Crippen LogP contribution is -2.38. The summed E-state index contributed by atoms with van der Waals surface area (Å²) in [6.07, 6.45) is 0.248. The molecule has 0 aliphatic carbocycles. The predicted octanol–water partition coefficient (Wildman–Crippen LogP) is 1.05.